The first kappa shape index (κ1) is 10.5. The van der Waals surface area contributed by atoms with Gasteiger partial charge in [0.05, 0.1) is 0 Å². The molecule has 1 aliphatic rings. The standard InChI is InChI=1S/C10H19NO2/c1-6-4-5-8(11)7(2)10(6,3)9(12)13/h6-8H,4-5,11H2,1-3H3,(H,12,13)/p-1/t6-,7-,8+,10-/m1/s1. The van der Waals surface area contributed by atoms with Crippen LogP contribution in [0.2, 0.25) is 0 Å². The lowest BCUT2D eigenvalue weighted by atomic mass is 9.60. The van der Waals surface area contributed by atoms with E-state index in [0.29, 0.717) is 0 Å². The third-order valence-electron chi connectivity index (χ3n) is 3.98. The first-order valence-electron chi connectivity index (χ1n) is 4.87. The van der Waals surface area contributed by atoms with Crippen molar-refractivity contribution in [2.75, 3.05) is 0 Å². The van der Waals surface area contributed by atoms with Gasteiger partial charge in [-0.3, -0.25) is 0 Å². The van der Waals surface area contributed by atoms with Gasteiger partial charge in [-0.2, -0.15) is 0 Å². The van der Waals surface area contributed by atoms with E-state index in [1.807, 2.05) is 13.8 Å². The Balaban J connectivity index is 2.95. The predicted octanol–water partition coefficient (Wildman–Crippen LogP) is 0.136. The van der Waals surface area contributed by atoms with Crippen LogP contribution >= 0.6 is 0 Å². The summed E-state index contributed by atoms with van der Waals surface area (Å²) in [7, 11) is 0. The molecule has 4 atom stereocenters. The molecule has 0 saturated heterocycles. The van der Waals surface area contributed by atoms with Gasteiger partial charge in [-0.05, 0) is 24.7 Å². The molecule has 0 aromatic heterocycles. The summed E-state index contributed by atoms with van der Waals surface area (Å²) in [6.07, 6.45) is 1.81. The minimum absolute atomic E-state index is 0.000833. The molecule has 0 aliphatic heterocycles. The second-order valence-electron chi connectivity index (χ2n) is 4.50. The van der Waals surface area contributed by atoms with Crippen molar-refractivity contribution in [1.82, 2.24) is 0 Å². The van der Waals surface area contributed by atoms with E-state index in [1.165, 1.54) is 0 Å². The van der Waals surface area contributed by atoms with Crippen molar-refractivity contribution >= 4 is 5.97 Å². The zero-order valence-corrected chi connectivity index (χ0v) is 8.54. The van der Waals surface area contributed by atoms with Crippen LogP contribution in [0.4, 0.5) is 0 Å². The Morgan fingerprint density at radius 2 is 2.00 bits per heavy atom. The highest BCUT2D eigenvalue weighted by atomic mass is 16.4. The van der Waals surface area contributed by atoms with Gasteiger partial charge in [0, 0.05) is 17.4 Å². The van der Waals surface area contributed by atoms with Gasteiger partial charge in [0.1, 0.15) is 0 Å². The molecule has 0 spiro atoms. The molecule has 0 radical (unpaired) electrons. The lowest BCUT2D eigenvalue weighted by Crippen LogP contribution is -2.56. The smallest absolute Gasteiger partial charge is 0.0479 e. The topological polar surface area (TPSA) is 66.2 Å². The van der Waals surface area contributed by atoms with Crippen molar-refractivity contribution in [3.8, 4) is 0 Å². The molecule has 0 heterocycles. The third-order valence-corrected chi connectivity index (χ3v) is 3.98. The summed E-state index contributed by atoms with van der Waals surface area (Å²) < 4.78 is 0. The summed E-state index contributed by atoms with van der Waals surface area (Å²) >= 11 is 0. The summed E-state index contributed by atoms with van der Waals surface area (Å²) in [5.41, 5.74) is 5.11. The fraction of sp³-hybridized carbons (Fsp3) is 0.900. The highest BCUT2D eigenvalue weighted by Gasteiger charge is 2.43. The Labute approximate surface area is 79.3 Å². The maximum Gasteiger partial charge on any atom is 0.0479 e. The summed E-state index contributed by atoms with van der Waals surface area (Å²) in [5.74, 6) is -0.795. The first-order chi connectivity index (χ1) is 5.90. The maximum absolute atomic E-state index is 11.1. The van der Waals surface area contributed by atoms with E-state index >= 15 is 0 Å². The summed E-state index contributed by atoms with van der Waals surface area (Å²) in [5, 5.41) is 11.1. The molecule has 1 saturated carbocycles. The number of aliphatic carboxylic acids is 1. The van der Waals surface area contributed by atoms with Crippen molar-refractivity contribution in [2.24, 2.45) is 23.0 Å². The zero-order valence-electron chi connectivity index (χ0n) is 8.54. The number of hydrogen-bond donors (Lipinski definition) is 1. The van der Waals surface area contributed by atoms with Crippen molar-refractivity contribution in [2.45, 2.75) is 39.7 Å². The number of carboxylic acids is 1. The Morgan fingerprint density at radius 1 is 1.46 bits per heavy atom. The molecule has 0 aromatic rings. The van der Waals surface area contributed by atoms with Gasteiger partial charge >= 0.3 is 0 Å². The minimum atomic E-state index is -0.956. The van der Waals surface area contributed by atoms with E-state index in [1.54, 1.807) is 6.92 Å². The van der Waals surface area contributed by atoms with Crippen LogP contribution in [0.25, 0.3) is 0 Å². The van der Waals surface area contributed by atoms with Crippen LogP contribution in [0, 0.1) is 17.3 Å². The summed E-state index contributed by atoms with van der Waals surface area (Å²) in [4.78, 5) is 11.1. The van der Waals surface area contributed by atoms with E-state index in [9.17, 15) is 9.90 Å². The molecule has 76 valence electrons. The number of carbonyl (C=O) groups excluding carboxylic acids is 1. The van der Waals surface area contributed by atoms with Crippen LogP contribution in [0.15, 0.2) is 0 Å². The van der Waals surface area contributed by atoms with Crippen molar-refractivity contribution in [3.05, 3.63) is 0 Å². The lowest BCUT2D eigenvalue weighted by molar-refractivity contribution is -0.325. The molecule has 2 N–H and O–H groups in total. The highest BCUT2D eigenvalue weighted by molar-refractivity contribution is 5.73. The number of nitrogens with two attached hydrogens (primary N) is 1. The summed E-state index contributed by atoms with van der Waals surface area (Å²) in [6, 6.07) is -0.000833. The number of rotatable bonds is 1. The van der Waals surface area contributed by atoms with Crippen LogP contribution < -0.4 is 10.8 Å². The SMILES string of the molecule is C[C@@H]1CC[C@H](N)[C@@H](C)[C@]1(C)C(=O)[O-]. The van der Waals surface area contributed by atoms with E-state index in [2.05, 4.69) is 0 Å². The molecule has 1 rings (SSSR count). The average molecular weight is 184 g/mol. The quantitative estimate of drug-likeness (QED) is 0.630. The zero-order chi connectivity index (χ0) is 10.2. The molecule has 3 heteroatoms. The maximum atomic E-state index is 11.1. The van der Waals surface area contributed by atoms with Gasteiger partial charge in [0.15, 0.2) is 0 Å². The van der Waals surface area contributed by atoms with Crippen LogP contribution in [0.1, 0.15) is 33.6 Å². The van der Waals surface area contributed by atoms with Crippen molar-refractivity contribution in [1.29, 1.82) is 0 Å². The number of hydrogen-bond acceptors (Lipinski definition) is 3. The highest BCUT2D eigenvalue weighted by Crippen LogP contribution is 2.43. The molecule has 1 fully saturated rings. The van der Waals surface area contributed by atoms with Crippen LogP contribution in [-0.2, 0) is 4.79 Å². The Morgan fingerprint density at radius 3 is 2.38 bits per heavy atom. The van der Waals surface area contributed by atoms with Gasteiger partial charge in [0.2, 0.25) is 0 Å². The molecule has 13 heavy (non-hydrogen) atoms. The van der Waals surface area contributed by atoms with Crippen LogP contribution in [-0.4, -0.2) is 12.0 Å². The van der Waals surface area contributed by atoms with Crippen molar-refractivity contribution in [3.63, 3.8) is 0 Å². The van der Waals surface area contributed by atoms with Crippen LogP contribution in [0.3, 0.4) is 0 Å². The summed E-state index contributed by atoms with van der Waals surface area (Å²) in [6.45, 7) is 5.64. The molecule has 0 aromatic carbocycles. The lowest BCUT2D eigenvalue weighted by Gasteiger charge is -2.48. The minimum Gasteiger partial charge on any atom is -0.550 e. The Bertz CT molecular complexity index is 217. The normalized spacial score (nSPS) is 46.0. The van der Waals surface area contributed by atoms with E-state index in [4.69, 9.17) is 5.73 Å². The number of carboxylic acid groups (broad SMARTS) is 1. The Hall–Kier alpha value is -0.570. The largest absolute Gasteiger partial charge is 0.550 e. The number of carbonyl (C=O) groups is 1. The molecule has 0 amide bonds. The third kappa shape index (κ3) is 1.46. The molecule has 0 bridgehead atoms. The van der Waals surface area contributed by atoms with Crippen LogP contribution in [0.5, 0.6) is 0 Å². The van der Waals surface area contributed by atoms with Gasteiger partial charge in [0.25, 0.3) is 0 Å². The van der Waals surface area contributed by atoms with Crippen molar-refractivity contribution < 1.29 is 9.90 Å². The second kappa shape index (κ2) is 3.29. The monoisotopic (exact) mass is 184 g/mol. The average Bonchev–Trinajstić information content (AvgIpc) is 2.08. The molecular formula is C10H18NO2-. The van der Waals surface area contributed by atoms with Gasteiger partial charge in [-0.1, -0.05) is 20.8 Å². The van der Waals surface area contributed by atoms with Gasteiger partial charge < -0.3 is 15.6 Å². The predicted molar refractivity (Wildman–Crippen MR) is 48.7 cm³/mol. The molecule has 1 aliphatic carbocycles. The van der Waals surface area contributed by atoms with E-state index in [-0.39, 0.29) is 17.9 Å². The fourth-order valence-corrected chi connectivity index (χ4v) is 2.27. The second-order valence-corrected chi connectivity index (χ2v) is 4.50. The molecule has 0 unspecified atom stereocenters. The van der Waals surface area contributed by atoms with Gasteiger partial charge in [-0.15, -0.1) is 0 Å². The van der Waals surface area contributed by atoms with Gasteiger partial charge in [-0.25, -0.2) is 0 Å². The van der Waals surface area contributed by atoms with E-state index in [0.717, 1.165) is 12.8 Å². The fourth-order valence-electron chi connectivity index (χ4n) is 2.27. The molecular weight excluding hydrogens is 166 g/mol. The van der Waals surface area contributed by atoms with E-state index < -0.39 is 11.4 Å². The Kier molecular flexibility index (Phi) is 2.66. The first-order valence-corrected chi connectivity index (χ1v) is 4.87. The molecule has 3 nitrogen and oxygen atoms in total.